The van der Waals surface area contributed by atoms with Gasteiger partial charge < -0.3 is 4.74 Å². The van der Waals surface area contributed by atoms with E-state index < -0.39 is 0 Å². The van der Waals surface area contributed by atoms with E-state index >= 15 is 0 Å². The molecule has 5 aliphatic rings. The average molecular weight is 531 g/mol. The molecule has 0 saturated heterocycles. The van der Waals surface area contributed by atoms with Crippen LogP contribution in [-0.2, 0) is 4.74 Å². The summed E-state index contributed by atoms with van der Waals surface area (Å²) in [5.41, 5.74) is 3.92. The molecule has 5 aliphatic carbocycles. The van der Waals surface area contributed by atoms with Gasteiger partial charge in [-0.15, -0.1) is 0 Å². The van der Waals surface area contributed by atoms with Gasteiger partial charge in [-0.2, -0.15) is 0 Å². The van der Waals surface area contributed by atoms with E-state index in [9.17, 15) is 4.79 Å². The van der Waals surface area contributed by atoms with Gasteiger partial charge in [-0.05, 0) is 128 Å². The van der Waals surface area contributed by atoms with Gasteiger partial charge in [0.05, 0.1) is 5.56 Å². The minimum absolute atomic E-state index is 0.00666. The Hall–Kier alpha value is -1.57. The summed E-state index contributed by atoms with van der Waals surface area (Å²) in [5.74, 6) is 3.59. The molecule has 0 radical (unpaired) electrons. The molecule has 0 spiro atoms. The Morgan fingerprint density at radius 1 is 0.821 bits per heavy atom. The number of esters is 1. The summed E-state index contributed by atoms with van der Waals surface area (Å²) in [4.78, 5) is 13.1. The van der Waals surface area contributed by atoms with Crippen molar-refractivity contribution >= 4 is 5.97 Å². The van der Waals surface area contributed by atoms with Crippen LogP contribution in [0.4, 0.5) is 0 Å². The fraction of sp³-hybridized carbons (Fsp3) is 0.757. The predicted octanol–water partition coefficient (Wildman–Crippen LogP) is 9.89. The van der Waals surface area contributed by atoms with Crippen molar-refractivity contribution in [3.8, 4) is 0 Å². The molecule has 10 atom stereocenters. The zero-order valence-corrected chi connectivity index (χ0v) is 26.1. The second kappa shape index (κ2) is 8.96. The summed E-state index contributed by atoms with van der Waals surface area (Å²) >= 11 is 0. The molecule has 0 amide bonds. The lowest BCUT2D eigenvalue weighted by atomic mass is 9.31. The lowest BCUT2D eigenvalue weighted by Gasteiger charge is -2.73. The molecule has 4 saturated carbocycles. The summed E-state index contributed by atoms with van der Waals surface area (Å²) in [6.07, 6.45) is 14.2. The van der Waals surface area contributed by atoms with Gasteiger partial charge in [0.1, 0.15) is 6.10 Å². The first-order valence-electron chi connectivity index (χ1n) is 16.2. The highest BCUT2D eigenvalue weighted by Crippen LogP contribution is 2.76. The minimum atomic E-state index is -0.151. The van der Waals surface area contributed by atoms with Crippen LogP contribution in [0.1, 0.15) is 124 Å². The Labute approximate surface area is 238 Å². The second-order valence-corrected chi connectivity index (χ2v) is 16.4. The number of ether oxygens (including phenoxy) is 1. The second-order valence-electron chi connectivity index (χ2n) is 16.4. The fourth-order valence-corrected chi connectivity index (χ4v) is 12.2. The van der Waals surface area contributed by atoms with E-state index in [4.69, 9.17) is 4.74 Å². The molecule has 39 heavy (non-hydrogen) atoms. The normalized spacial score (nSPS) is 48.5. The number of fused-ring (bicyclic) bond motifs is 7. The molecule has 2 nitrogen and oxygen atoms in total. The van der Waals surface area contributed by atoms with E-state index in [1.165, 1.54) is 51.4 Å². The van der Waals surface area contributed by atoms with E-state index in [1.807, 2.05) is 30.3 Å². The standard InChI is InChI=1S/C37H54O2/c1-24-16-19-34(5)22-23-36(7)27(31(34)25(24)2)14-15-29-35(6)20-18-30(39-32(38)26-12-10-9-11-13-26)33(3,4)28(35)17-21-37(29,36)8/h9-13,16,25,27-31H,14-15,17-23H2,1-8H3/t25-,27+,28-,29+,30-,31-,34+,35+,36+,37-/m0/s1. The van der Waals surface area contributed by atoms with E-state index in [0.717, 1.165) is 24.2 Å². The molecule has 0 unspecified atom stereocenters. The zero-order chi connectivity index (χ0) is 28.0. The molecule has 1 aromatic carbocycles. The molecule has 2 heteroatoms. The molecule has 6 rings (SSSR count). The zero-order valence-electron chi connectivity index (χ0n) is 26.1. The van der Waals surface area contributed by atoms with Crippen molar-refractivity contribution in [3.05, 3.63) is 47.5 Å². The highest BCUT2D eigenvalue weighted by atomic mass is 16.5. The largest absolute Gasteiger partial charge is 0.458 e. The molecule has 1 aromatic rings. The van der Waals surface area contributed by atoms with E-state index in [-0.39, 0.29) is 17.5 Å². The number of rotatable bonds is 2. The topological polar surface area (TPSA) is 26.3 Å². The Morgan fingerprint density at radius 3 is 2.26 bits per heavy atom. The van der Waals surface area contributed by atoms with Crippen LogP contribution >= 0.6 is 0 Å². The van der Waals surface area contributed by atoms with Crippen LogP contribution in [0.3, 0.4) is 0 Å². The lowest BCUT2D eigenvalue weighted by molar-refractivity contribution is -0.250. The number of benzene rings is 1. The van der Waals surface area contributed by atoms with E-state index in [0.29, 0.717) is 39.1 Å². The van der Waals surface area contributed by atoms with Crippen LogP contribution in [0.2, 0.25) is 0 Å². The summed E-state index contributed by atoms with van der Waals surface area (Å²) in [7, 11) is 0. The van der Waals surface area contributed by atoms with Crippen LogP contribution in [0, 0.1) is 56.7 Å². The van der Waals surface area contributed by atoms with Crippen molar-refractivity contribution in [2.24, 2.45) is 56.7 Å². The highest BCUT2D eigenvalue weighted by molar-refractivity contribution is 5.89. The van der Waals surface area contributed by atoms with Gasteiger partial charge in [-0.1, -0.05) is 78.3 Å². The number of carbonyl (C=O) groups is 1. The van der Waals surface area contributed by atoms with Crippen molar-refractivity contribution in [1.29, 1.82) is 0 Å². The SMILES string of the molecule is CC1=CC[C@]2(C)CC[C@]3(C)[C@H](CC[C@@H]4[C@]5(C)CC[C@H](OC(=O)c6ccccc6)C(C)(C)[C@@H]5CC[C@@]43C)[C@@H]2[C@H]1C. The Balaban J connectivity index is 1.28. The van der Waals surface area contributed by atoms with Crippen LogP contribution in [0.15, 0.2) is 42.0 Å². The third-order valence-electron chi connectivity index (χ3n) is 14.7. The lowest BCUT2D eigenvalue weighted by Crippen LogP contribution is -2.67. The van der Waals surface area contributed by atoms with Crippen molar-refractivity contribution < 1.29 is 9.53 Å². The van der Waals surface area contributed by atoms with Gasteiger partial charge in [0.2, 0.25) is 0 Å². The molecular formula is C37H54O2. The van der Waals surface area contributed by atoms with Gasteiger partial charge in [-0.3, -0.25) is 0 Å². The van der Waals surface area contributed by atoms with Crippen molar-refractivity contribution in [3.63, 3.8) is 0 Å². The summed E-state index contributed by atoms with van der Waals surface area (Å²) < 4.78 is 6.30. The van der Waals surface area contributed by atoms with Crippen molar-refractivity contribution in [2.75, 3.05) is 0 Å². The van der Waals surface area contributed by atoms with Crippen LogP contribution in [0.25, 0.3) is 0 Å². The van der Waals surface area contributed by atoms with Crippen LogP contribution in [0.5, 0.6) is 0 Å². The number of carbonyl (C=O) groups excluding carboxylic acids is 1. The first-order valence-corrected chi connectivity index (χ1v) is 16.2. The van der Waals surface area contributed by atoms with Gasteiger partial charge in [0, 0.05) is 5.41 Å². The fourth-order valence-electron chi connectivity index (χ4n) is 12.2. The van der Waals surface area contributed by atoms with Crippen molar-refractivity contribution in [1.82, 2.24) is 0 Å². The molecule has 0 aromatic heterocycles. The molecule has 0 heterocycles. The third-order valence-corrected chi connectivity index (χ3v) is 14.7. The highest BCUT2D eigenvalue weighted by Gasteiger charge is 2.69. The van der Waals surface area contributed by atoms with E-state index in [2.05, 4.69) is 61.5 Å². The predicted molar refractivity (Wildman–Crippen MR) is 160 cm³/mol. The molecular weight excluding hydrogens is 476 g/mol. The smallest absolute Gasteiger partial charge is 0.338 e. The third kappa shape index (κ3) is 3.74. The maximum absolute atomic E-state index is 13.1. The molecule has 4 fully saturated rings. The monoisotopic (exact) mass is 530 g/mol. The first-order chi connectivity index (χ1) is 18.3. The Kier molecular flexibility index (Phi) is 6.34. The van der Waals surface area contributed by atoms with Crippen LogP contribution in [-0.4, -0.2) is 12.1 Å². The first kappa shape index (κ1) is 27.6. The van der Waals surface area contributed by atoms with Gasteiger partial charge in [0.25, 0.3) is 0 Å². The molecule has 214 valence electrons. The van der Waals surface area contributed by atoms with Gasteiger partial charge in [-0.25, -0.2) is 4.79 Å². The van der Waals surface area contributed by atoms with Gasteiger partial charge in [0.15, 0.2) is 0 Å². The maximum atomic E-state index is 13.1. The molecule has 0 bridgehead atoms. The van der Waals surface area contributed by atoms with Crippen LogP contribution < -0.4 is 0 Å². The number of hydrogen-bond acceptors (Lipinski definition) is 2. The Bertz CT molecular complexity index is 1150. The summed E-state index contributed by atoms with van der Waals surface area (Å²) in [5, 5.41) is 0. The van der Waals surface area contributed by atoms with E-state index in [1.54, 1.807) is 5.57 Å². The summed E-state index contributed by atoms with van der Waals surface area (Å²) in [6.45, 7) is 20.5. The Morgan fingerprint density at radius 2 is 1.54 bits per heavy atom. The average Bonchev–Trinajstić information content (AvgIpc) is 2.89. The minimum Gasteiger partial charge on any atom is -0.458 e. The van der Waals surface area contributed by atoms with Crippen molar-refractivity contribution in [2.45, 2.75) is 119 Å². The maximum Gasteiger partial charge on any atom is 0.338 e. The number of hydrogen-bond donors (Lipinski definition) is 0. The van der Waals surface area contributed by atoms with Gasteiger partial charge >= 0.3 is 5.97 Å². The molecule has 0 N–H and O–H groups in total. The quantitative estimate of drug-likeness (QED) is 0.281. The molecule has 0 aliphatic heterocycles. The number of allylic oxidation sites excluding steroid dienone is 2. The summed E-state index contributed by atoms with van der Waals surface area (Å²) in [6, 6.07) is 9.58.